The number of hydrogen-bond donors (Lipinski definition) is 1. The highest BCUT2D eigenvalue weighted by molar-refractivity contribution is 4.91. The highest BCUT2D eigenvalue weighted by Crippen LogP contribution is 2.32. The number of ether oxygens (including phenoxy) is 1. The Morgan fingerprint density at radius 2 is 2.08 bits per heavy atom. The fourth-order valence-electron chi connectivity index (χ4n) is 2.06. The number of rotatable bonds is 6. The van der Waals surface area contributed by atoms with Crippen molar-refractivity contribution in [1.82, 2.24) is 5.32 Å². The summed E-state index contributed by atoms with van der Waals surface area (Å²) in [5.74, 6) is 0. The van der Waals surface area contributed by atoms with Crippen molar-refractivity contribution >= 4 is 0 Å². The molecular weight excluding hydrogens is 162 g/mol. The summed E-state index contributed by atoms with van der Waals surface area (Å²) in [7, 11) is 2.07. The second kappa shape index (κ2) is 4.97. The van der Waals surface area contributed by atoms with Crippen LogP contribution in [0.3, 0.4) is 0 Å². The molecule has 1 atom stereocenters. The topological polar surface area (TPSA) is 21.3 Å². The van der Waals surface area contributed by atoms with Crippen LogP contribution in [-0.2, 0) is 4.74 Å². The van der Waals surface area contributed by atoms with Gasteiger partial charge in [0.05, 0.1) is 13.2 Å². The first-order valence-corrected chi connectivity index (χ1v) is 5.48. The van der Waals surface area contributed by atoms with Crippen LogP contribution < -0.4 is 5.32 Å². The van der Waals surface area contributed by atoms with E-state index in [-0.39, 0.29) is 0 Å². The summed E-state index contributed by atoms with van der Waals surface area (Å²) in [5, 5.41) is 3.42. The molecule has 1 heterocycles. The van der Waals surface area contributed by atoms with Gasteiger partial charge in [0, 0.05) is 11.5 Å². The van der Waals surface area contributed by atoms with Crippen molar-refractivity contribution in [3.05, 3.63) is 0 Å². The van der Waals surface area contributed by atoms with Gasteiger partial charge in [-0.15, -0.1) is 0 Å². The van der Waals surface area contributed by atoms with Gasteiger partial charge in [-0.25, -0.2) is 0 Å². The highest BCUT2D eigenvalue weighted by atomic mass is 16.5. The second-order valence-corrected chi connectivity index (χ2v) is 4.48. The number of unbranched alkanes of at least 4 members (excludes halogenated alkanes) is 2. The zero-order valence-electron chi connectivity index (χ0n) is 9.23. The van der Waals surface area contributed by atoms with E-state index in [1.165, 1.54) is 25.7 Å². The van der Waals surface area contributed by atoms with Crippen molar-refractivity contribution in [3.63, 3.8) is 0 Å². The predicted octanol–water partition coefficient (Wildman–Crippen LogP) is 2.19. The summed E-state index contributed by atoms with van der Waals surface area (Å²) in [5.41, 5.74) is 0.405. The molecule has 1 rings (SSSR count). The van der Waals surface area contributed by atoms with Crippen molar-refractivity contribution < 1.29 is 4.74 Å². The van der Waals surface area contributed by atoms with Gasteiger partial charge in [0.25, 0.3) is 0 Å². The molecule has 1 unspecified atom stereocenters. The maximum Gasteiger partial charge on any atom is 0.0557 e. The average Bonchev–Trinajstić information content (AvgIpc) is 2.09. The van der Waals surface area contributed by atoms with Gasteiger partial charge in [-0.1, -0.05) is 33.1 Å². The Kier molecular flexibility index (Phi) is 4.20. The Labute approximate surface area is 82.0 Å². The Hall–Kier alpha value is -0.0800. The van der Waals surface area contributed by atoms with E-state index in [0.717, 1.165) is 13.2 Å². The van der Waals surface area contributed by atoms with Crippen LogP contribution in [0, 0.1) is 5.41 Å². The molecule has 2 heteroatoms. The Balaban J connectivity index is 2.25. The van der Waals surface area contributed by atoms with Crippen molar-refractivity contribution in [3.8, 4) is 0 Å². The largest absolute Gasteiger partial charge is 0.380 e. The van der Waals surface area contributed by atoms with Crippen LogP contribution in [-0.4, -0.2) is 26.3 Å². The molecule has 0 aliphatic carbocycles. The molecule has 0 aromatic heterocycles. The summed E-state index contributed by atoms with van der Waals surface area (Å²) < 4.78 is 5.29. The summed E-state index contributed by atoms with van der Waals surface area (Å²) in [4.78, 5) is 0. The van der Waals surface area contributed by atoms with E-state index < -0.39 is 0 Å². The summed E-state index contributed by atoms with van der Waals surface area (Å²) in [6.45, 7) is 6.45. The zero-order chi connectivity index (χ0) is 9.73. The van der Waals surface area contributed by atoms with Gasteiger partial charge in [-0.05, 0) is 13.5 Å². The average molecular weight is 185 g/mol. The summed E-state index contributed by atoms with van der Waals surface area (Å²) in [6, 6.07) is 0.646. The van der Waals surface area contributed by atoms with Crippen molar-refractivity contribution in [2.75, 3.05) is 20.3 Å². The van der Waals surface area contributed by atoms with Gasteiger partial charge < -0.3 is 10.1 Å². The van der Waals surface area contributed by atoms with Crippen LogP contribution in [0.15, 0.2) is 0 Å². The minimum Gasteiger partial charge on any atom is -0.380 e. The molecule has 1 fully saturated rings. The van der Waals surface area contributed by atoms with Crippen LogP contribution in [0.5, 0.6) is 0 Å². The molecule has 0 bridgehead atoms. The van der Waals surface area contributed by atoms with Crippen molar-refractivity contribution in [1.29, 1.82) is 0 Å². The molecule has 1 saturated heterocycles. The van der Waals surface area contributed by atoms with Crippen molar-refractivity contribution in [2.45, 2.75) is 45.6 Å². The van der Waals surface area contributed by atoms with E-state index in [1.54, 1.807) is 0 Å². The van der Waals surface area contributed by atoms with Gasteiger partial charge in [0.1, 0.15) is 0 Å². The first-order valence-electron chi connectivity index (χ1n) is 5.48. The van der Waals surface area contributed by atoms with Gasteiger partial charge in [-0.3, -0.25) is 0 Å². The normalized spacial score (nSPS) is 22.4. The molecule has 0 aromatic carbocycles. The minimum absolute atomic E-state index is 0.405. The predicted molar refractivity (Wildman–Crippen MR) is 55.9 cm³/mol. The molecule has 1 aliphatic heterocycles. The third kappa shape index (κ3) is 2.68. The molecule has 0 spiro atoms. The molecule has 1 aliphatic rings. The van der Waals surface area contributed by atoms with E-state index in [9.17, 15) is 0 Å². The Morgan fingerprint density at radius 3 is 2.46 bits per heavy atom. The molecule has 2 nitrogen and oxygen atoms in total. The Bertz CT molecular complexity index is 143. The lowest BCUT2D eigenvalue weighted by Gasteiger charge is -2.44. The fourth-order valence-corrected chi connectivity index (χ4v) is 2.06. The van der Waals surface area contributed by atoms with Crippen LogP contribution in [0.25, 0.3) is 0 Å². The molecule has 0 saturated carbocycles. The van der Waals surface area contributed by atoms with Gasteiger partial charge in [0.15, 0.2) is 0 Å². The van der Waals surface area contributed by atoms with Crippen LogP contribution in [0.2, 0.25) is 0 Å². The van der Waals surface area contributed by atoms with E-state index >= 15 is 0 Å². The van der Waals surface area contributed by atoms with Gasteiger partial charge >= 0.3 is 0 Å². The maximum atomic E-state index is 5.29. The minimum atomic E-state index is 0.405. The molecule has 0 radical (unpaired) electrons. The zero-order valence-corrected chi connectivity index (χ0v) is 9.23. The van der Waals surface area contributed by atoms with Crippen LogP contribution >= 0.6 is 0 Å². The number of nitrogens with one attached hydrogen (secondary N) is 1. The third-order valence-corrected chi connectivity index (χ3v) is 3.15. The summed E-state index contributed by atoms with van der Waals surface area (Å²) in [6.07, 6.45) is 5.31. The molecule has 13 heavy (non-hydrogen) atoms. The third-order valence-electron chi connectivity index (χ3n) is 3.15. The quantitative estimate of drug-likeness (QED) is 0.640. The molecular formula is C11H23NO. The van der Waals surface area contributed by atoms with E-state index in [0.29, 0.717) is 11.5 Å². The molecule has 0 aromatic rings. The smallest absolute Gasteiger partial charge is 0.0557 e. The molecule has 78 valence electrons. The summed E-state index contributed by atoms with van der Waals surface area (Å²) >= 11 is 0. The first kappa shape index (κ1) is 11.0. The first-order chi connectivity index (χ1) is 6.23. The highest BCUT2D eigenvalue weighted by Gasteiger charge is 2.39. The lowest BCUT2D eigenvalue weighted by Crippen LogP contribution is -2.54. The van der Waals surface area contributed by atoms with E-state index in [1.807, 2.05) is 0 Å². The van der Waals surface area contributed by atoms with Gasteiger partial charge in [-0.2, -0.15) is 0 Å². The lowest BCUT2D eigenvalue weighted by atomic mass is 9.78. The molecule has 0 amide bonds. The fraction of sp³-hybridized carbons (Fsp3) is 1.00. The SMILES string of the molecule is CCCCCC(NC)C1(C)COC1. The second-order valence-electron chi connectivity index (χ2n) is 4.48. The van der Waals surface area contributed by atoms with Crippen LogP contribution in [0.1, 0.15) is 39.5 Å². The number of hydrogen-bond acceptors (Lipinski definition) is 2. The van der Waals surface area contributed by atoms with E-state index in [2.05, 4.69) is 26.2 Å². The standard InChI is InChI=1S/C11H23NO/c1-4-5-6-7-10(12-3)11(2)8-13-9-11/h10,12H,4-9H2,1-3H3. The molecule has 1 N–H and O–H groups in total. The monoisotopic (exact) mass is 185 g/mol. The maximum absolute atomic E-state index is 5.29. The lowest BCUT2D eigenvalue weighted by molar-refractivity contribution is -0.121. The Morgan fingerprint density at radius 1 is 1.38 bits per heavy atom. The van der Waals surface area contributed by atoms with Crippen molar-refractivity contribution in [2.24, 2.45) is 5.41 Å². The van der Waals surface area contributed by atoms with Crippen LogP contribution in [0.4, 0.5) is 0 Å². The van der Waals surface area contributed by atoms with E-state index in [4.69, 9.17) is 4.74 Å². The van der Waals surface area contributed by atoms with Gasteiger partial charge in [0.2, 0.25) is 0 Å².